The Morgan fingerprint density at radius 2 is 2.00 bits per heavy atom. The van der Waals surface area contributed by atoms with E-state index in [0.29, 0.717) is 13.0 Å². The molecule has 2 aromatic heterocycles. The molecular weight excluding hydrogens is 293 g/mol. The zero-order valence-electron chi connectivity index (χ0n) is 10.2. The van der Waals surface area contributed by atoms with Crippen molar-refractivity contribution in [3.05, 3.63) is 47.1 Å². The van der Waals surface area contributed by atoms with E-state index in [0.717, 1.165) is 11.8 Å². The number of nitrogens with zero attached hydrogens (tertiary/aromatic N) is 3. The molecule has 0 unspecified atom stereocenters. The van der Waals surface area contributed by atoms with Gasteiger partial charge in [-0.15, -0.1) is 0 Å². The van der Waals surface area contributed by atoms with Gasteiger partial charge in [0.1, 0.15) is 5.82 Å². The minimum atomic E-state index is -4.55. The van der Waals surface area contributed by atoms with Crippen LogP contribution >= 0.6 is 11.6 Å². The maximum absolute atomic E-state index is 12.5. The average Bonchev–Trinajstić information content (AvgIpc) is 2.38. The van der Waals surface area contributed by atoms with Crippen LogP contribution in [0.4, 0.5) is 19.0 Å². The fourth-order valence-electron chi connectivity index (χ4n) is 1.52. The summed E-state index contributed by atoms with van der Waals surface area (Å²) < 4.78 is 37.6. The van der Waals surface area contributed by atoms with Crippen molar-refractivity contribution in [2.75, 3.05) is 11.9 Å². The number of alkyl halides is 3. The molecule has 0 fully saturated rings. The van der Waals surface area contributed by atoms with E-state index in [4.69, 9.17) is 11.6 Å². The summed E-state index contributed by atoms with van der Waals surface area (Å²) in [5, 5.41) is 2.33. The molecule has 20 heavy (non-hydrogen) atoms. The van der Waals surface area contributed by atoms with Crippen LogP contribution in [-0.2, 0) is 12.6 Å². The summed E-state index contributed by atoms with van der Waals surface area (Å²) in [6, 6.07) is 6.28. The molecule has 2 heterocycles. The summed E-state index contributed by atoms with van der Waals surface area (Å²) >= 11 is 5.48. The lowest BCUT2D eigenvalue weighted by Crippen LogP contribution is -2.12. The van der Waals surface area contributed by atoms with E-state index in [-0.39, 0.29) is 5.82 Å². The Kier molecular flexibility index (Phi) is 4.39. The SMILES string of the molecule is FC(F)(F)c1cc(NCCc2ccccn2)nc(Cl)n1. The highest BCUT2D eigenvalue weighted by atomic mass is 35.5. The number of hydrogen-bond donors (Lipinski definition) is 1. The summed E-state index contributed by atoms with van der Waals surface area (Å²) in [6.45, 7) is 0.391. The van der Waals surface area contributed by atoms with Crippen molar-refractivity contribution in [1.29, 1.82) is 0 Å². The van der Waals surface area contributed by atoms with E-state index < -0.39 is 17.2 Å². The van der Waals surface area contributed by atoms with Crippen LogP contribution in [-0.4, -0.2) is 21.5 Å². The van der Waals surface area contributed by atoms with Crippen molar-refractivity contribution < 1.29 is 13.2 Å². The molecule has 0 aliphatic carbocycles. The Morgan fingerprint density at radius 3 is 2.65 bits per heavy atom. The largest absolute Gasteiger partial charge is 0.433 e. The van der Waals surface area contributed by atoms with E-state index in [9.17, 15) is 13.2 Å². The van der Waals surface area contributed by atoms with Gasteiger partial charge in [0.2, 0.25) is 5.28 Å². The zero-order chi connectivity index (χ0) is 14.6. The standard InChI is InChI=1S/C12H10ClF3N4/c13-11-19-9(12(14,15)16)7-10(20-11)18-6-4-8-3-1-2-5-17-8/h1-3,5,7H,4,6H2,(H,18,19,20). The molecule has 1 N–H and O–H groups in total. The molecule has 0 saturated heterocycles. The van der Waals surface area contributed by atoms with Gasteiger partial charge in [0.15, 0.2) is 5.69 Å². The molecule has 2 aromatic rings. The summed E-state index contributed by atoms with van der Waals surface area (Å²) in [4.78, 5) is 11.0. The number of halogens is 4. The minimum Gasteiger partial charge on any atom is -0.370 e. The smallest absolute Gasteiger partial charge is 0.370 e. The van der Waals surface area contributed by atoms with Gasteiger partial charge >= 0.3 is 6.18 Å². The highest BCUT2D eigenvalue weighted by molar-refractivity contribution is 6.28. The first kappa shape index (κ1) is 14.5. The maximum Gasteiger partial charge on any atom is 0.433 e. The van der Waals surface area contributed by atoms with Crippen molar-refractivity contribution >= 4 is 17.4 Å². The van der Waals surface area contributed by atoms with Gasteiger partial charge in [0.25, 0.3) is 0 Å². The number of aromatic nitrogens is 3. The second kappa shape index (κ2) is 6.04. The second-order valence-corrected chi connectivity index (χ2v) is 4.24. The number of nitrogens with one attached hydrogen (secondary N) is 1. The van der Waals surface area contributed by atoms with Crippen LogP contribution in [0, 0.1) is 0 Å². The Morgan fingerprint density at radius 1 is 1.20 bits per heavy atom. The quantitative estimate of drug-likeness (QED) is 0.881. The lowest BCUT2D eigenvalue weighted by atomic mass is 10.3. The third-order valence-electron chi connectivity index (χ3n) is 2.40. The van der Waals surface area contributed by atoms with Crippen molar-refractivity contribution in [3.63, 3.8) is 0 Å². The third kappa shape index (κ3) is 4.06. The van der Waals surface area contributed by atoms with E-state index >= 15 is 0 Å². The van der Waals surface area contributed by atoms with Gasteiger partial charge in [0, 0.05) is 30.9 Å². The highest BCUT2D eigenvalue weighted by Crippen LogP contribution is 2.29. The molecule has 0 saturated carbocycles. The predicted octanol–water partition coefficient (Wildman–Crippen LogP) is 3.20. The summed E-state index contributed by atoms with van der Waals surface area (Å²) in [5.41, 5.74) is -0.242. The number of anilines is 1. The van der Waals surface area contributed by atoms with Gasteiger partial charge in [-0.05, 0) is 23.7 Å². The van der Waals surface area contributed by atoms with Gasteiger partial charge in [-0.1, -0.05) is 6.07 Å². The topological polar surface area (TPSA) is 50.7 Å². The van der Waals surface area contributed by atoms with Crippen LogP contribution in [0.15, 0.2) is 30.5 Å². The van der Waals surface area contributed by atoms with Crippen molar-refractivity contribution in [2.45, 2.75) is 12.6 Å². The van der Waals surface area contributed by atoms with Crippen LogP contribution in [0.1, 0.15) is 11.4 Å². The second-order valence-electron chi connectivity index (χ2n) is 3.90. The lowest BCUT2D eigenvalue weighted by Gasteiger charge is -2.09. The van der Waals surface area contributed by atoms with Crippen LogP contribution in [0.3, 0.4) is 0 Å². The monoisotopic (exact) mass is 302 g/mol. The van der Waals surface area contributed by atoms with Gasteiger partial charge in [0.05, 0.1) is 0 Å². The molecule has 2 rings (SSSR count). The molecule has 0 amide bonds. The Balaban J connectivity index is 2.01. The Hall–Kier alpha value is -1.89. The van der Waals surface area contributed by atoms with Gasteiger partial charge in [-0.3, -0.25) is 4.98 Å². The van der Waals surface area contributed by atoms with E-state index in [1.807, 2.05) is 12.1 Å². The third-order valence-corrected chi connectivity index (χ3v) is 2.57. The zero-order valence-corrected chi connectivity index (χ0v) is 10.9. The molecule has 8 heteroatoms. The molecule has 0 atom stereocenters. The molecular formula is C12H10ClF3N4. The fraction of sp³-hybridized carbons (Fsp3) is 0.250. The molecule has 0 aliphatic rings. The summed E-state index contributed by atoms with van der Waals surface area (Å²) in [6.07, 6.45) is -2.34. The predicted molar refractivity (Wildman–Crippen MR) is 68.5 cm³/mol. The average molecular weight is 303 g/mol. The Labute approximate surface area is 118 Å². The van der Waals surface area contributed by atoms with Crippen molar-refractivity contribution in [1.82, 2.24) is 15.0 Å². The van der Waals surface area contributed by atoms with Crippen LogP contribution < -0.4 is 5.32 Å². The Bertz CT molecular complexity index is 575. The van der Waals surface area contributed by atoms with Crippen molar-refractivity contribution in [3.8, 4) is 0 Å². The molecule has 0 spiro atoms. The first-order valence-electron chi connectivity index (χ1n) is 5.71. The molecule has 0 aromatic carbocycles. The molecule has 0 radical (unpaired) electrons. The van der Waals surface area contributed by atoms with Crippen LogP contribution in [0.5, 0.6) is 0 Å². The number of pyridine rings is 1. The molecule has 0 bridgehead atoms. The molecule has 4 nitrogen and oxygen atoms in total. The normalized spacial score (nSPS) is 11.4. The molecule has 0 aliphatic heterocycles. The van der Waals surface area contributed by atoms with E-state index in [1.54, 1.807) is 12.3 Å². The van der Waals surface area contributed by atoms with E-state index in [1.165, 1.54) is 0 Å². The highest BCUT2D eigenvalue weighted by Gasteiger charge is 2.33. The summed E-state index contributed by atoms with van der Waals surface area (Å²) in [5.74, 6) is 0.0354. The van der Waals surface area contributed by atoms with Gasteiger partial charge in [-0.25, -0.2) is 9.97 Å². The first-order valence-corrected chi connectivity index (χ1v) is 6.08. The van der Waals surface area contributed by atoms with Crippen LogP contribution in [0.2, 0.25) is 5.28 Å². The lowest BCUT2D eigenvalue weighted by molar-refractivity contribution is -0.141. The number of rotatable bonds is 4. The van der Waals surface area contributed by atoms with Crippen molar-refractivity contribution in [2.24, 2.45) is 0 Å². The fourth-order valence-corrected chi connectivity index (χ4v) is 1.70. The first-order chi connectivity index (χ1) is 9.45. The number of hydrogen-bond acceptors (Lipinski definition) is 4. The van der Waals surface area contributed by atoms with Crippen LogP contribution in [0.25, 0.3) is 0 Å². The van der Waals surface area contributed by atoms with E-state index in [2.05, 4.69) is 20.3 Å². The minimum absolute atomic E-state index is 0.0354. The van der Waals surface area contributed by atoms with Gasteiger partial charge in [-0.2, -0.15) is 13.2 Å². The molecule has 106 valence electrons. The van der Waals surface area contributed by atoms with Gasteiger partial charge < -0.3 is 5.32 Å². The maximum atomic E-state index is 12.5. The summed E-state index contributed by atoms with van der Waals surface area (Å²) in [7, 11) is 0.